The van der Waals surface area contributed by atoms with Crippen molar-refractivity contribution in [3.63, 3.8) is 0 Å². The van der Waals surface area contributed by atoms with E-state index in [1.807, 2.05) is 0 Å². The van der Waals surface area contributed by atoms with Gasteiger partial charge in [0, 0.05) is 18.3 Å². The zero-order valence-electron chi connectivity index (χ0n) is 11.1. The van der Waals surface area contributed by atoms with Crippen molar-refractivity contribution in [2.24, 2.45) is 5.92 Å². The van der Waals surface area contributed by atoms with Crippen molar-refractivity contribution in [3.8, 4) is 0 Å². The molecule has 0 aromatic carbocycles. The van der Waals surface area contributed by atoms with Gasteiger partial charge in [-0.3, -0.25) is 4.79 Å². The number of carbonyl (C=O) groups is 1. The number of carboxylic acid groups (broad SMARTS) is 1. The summed E-state index contributed by atoms with van der Waals surface area (Å²) in [7, 11) is 0. The number of aliphatic carboxylic acids is 1. The van der Waals surface area contributed by atoms with Crippen LogP contribution in [0, 0.1) is 5.92 Å². The fraction of sp³-hybridized carbons (Fsp3) is 0.692. The Morgan fingerprint density at radius 1 is 1.50 bits per heavy atom. The Bertz CT molecular complexity index is 366. The Kier molecular flexibility index (Phi) is 6.72. The molecule has 5 heteroatoms. The Labute approximate surface area is 112 Å². The van der Waals surface area contributed by atoms with Crippen LogP contribution in [0.15, 0.2) is 5.38 Å². The Balaban J connectivity index is 2.24. The molecule has 4 nitrogen and oxygen atoms in total. The highest BCUT2D eigenvalue weighted by molar-refractivity contribution is 7.13. The number of hydrogen-bond acceptors (Lipinski definition) is 4. The Hall–Kier alpha value is -1.10. The molecule has 18 heavy (non-hydrogen) atoms. The average Bonchev–Trinajstić information content (AvgIpc) is 2.81. The highest BCUT2D eigenvalue weighted by Gasteiger charge is 2.09. The van der Waals surface area contributed by atoms with Gasteiger partial charge in [0.2, 0.25) is 0 Å². The first kappa shape index (κ1) is 15.0. The highest BCUT2D eigenvalue weighted by Crippen LogP contribution is 2.18. The average molecular weight is 270 g/mol. The SMILES string of the molecule is CCc1csc(NCCC(CC)CCC(=O)O)n1. The van der Waals surface area contributed by atoms with Crippen molar-refractivity contribution in [1.82, 2.24) is 4.98 Å². The molecule has 0 aliphatic carbocycles. The lowest BCUT2D eigenvalue weighted by Crippen LogP contribution is -2.10. The number of thiazole rings is 1. The standard InChI is InChI=1S/C13H22N2O2S/c1-3-10(5-6-12(16)17)7-8-14-13-15-11(4-2)9-18-13/h9-10H,3-8H2,1-2H3,(H,14,15)(H,16,17). The molecule has 0 amide bonds. The summed E-state index contributed by atoms with van der Waals surface area (Å²) in [6, 6.07) is 0. The van der Waals surface area contributed by atoms with Crippen LogP contribution in [0.1, 0.15) is 45.2 Å². The number of aryl methyl sites for hydroxylation is 1. The summed E-state index contributed by atoms with van der Waals surface area (Å²) in [5.74, 6) is -0.215. The maximum Gasteiger partial charge on any atom is 0.303 e. The third kappa shape index (κ3) is 5.49. The molecule has 102 valence electrons. The Morgan fingerprint density at radius 3 is 2.83 bits per heavy atom. The minimum Gasteiger partial charge on any atom is -0.481 e. The van der Waals surface area contributed by atoms with E-state index in [1.54, 1.807) is 11.3 Å². The van der Waals surface area contributed by atoms with Crippen LogP contribution in [0.2, 0.25) is 0 Å². The molecule has 2 N–H and O–H groups in total. The Morgan fingerprint density at radius 2 is 2.28 bits per heavy atom. The second-order valence-electron chi connectivity index (χ2n) is 4.42. The topological polar surface area (TPSA) is 62.2 Å². The van der Waals surface area contributed by atoms with E-state index in [2.05, 4.69) is 29.5 Å². The predicted molar refractivity (Wildman–Crippen MR) is 75.2 cm³/mol. The molecular weight excluding hydrogens is 248 g/mol. The quantitative estimate of drug-likeness (QED) is 0.722. The van der Waals surface area contributed by atoms with Gasteiger partial charge in [0.1, 0.15) is 0 Å². The largest absolute Gasteiger partial charge is 0.481 e. The number of rotatable bonds is 9. The first-order chi connectivity index (χ1) is 8.65. The van der Waals surface area contributed by atoms with Crippen LogP contribution >= 0.6 is 11.3 Å². The molecule has 0 bridgehead atoms. The molecule has 0 radical (unpaired) electrons. The van der Waals surface area contributed by atoms with Crippen molar-refractivity contribution in [1.29, 1.82) is 0 Å². The van der Waals surface area contributed by atoms with Gasteiger partial charge in [0.25, 0.3) is 0 Å². The number of nitrogens with zero attached hydrogens (tertiary/aromatic N) is 1. The van der Waals surface area contributed by atoms with Crippen molar-refractivity contribution in [2.75, 3.05) is 11.9 Å². The highest BCUT2D eigenvalue weighted by atomic mass is 32.1. The van der Waals surface area contributed by atoms with Crippen LogP contribution in [0.25, 0.3) is 0 Å². The van der Waals surface area contributed by atoms with E-state index < -0.39 is 5.97 Å². The van der Waals surface area contributed by atoms with Crippen molar-refractivity contribution < 1.29 is 9.90 Å². The second kappa shape index (κ2) is 8.08. The molecule has 0 aliphatic heterocycles. The summed E-state index contributed by atoms with van der Waals surface area (Å²) in [6.07, 6.45) is 4.05. The fourth-order valence-electron chi connectivity index (χ4n) is 1.81. The van der Waals surface area contributed by atoms with Crippen molar-refractivity contribution in [3.05, 3.63) is 11.1 Å². The van der Waals surface area contributed by atoms with Crippen LogP contribution < -0.4 is 5.32 Å². The number of carboxylic acids is 1. The summed E-state index contributed by atoms with van der Waals surface area (Å²) < 4.78 is 0. The molecule has 0 aliphatic rings. The monoisotopic (exact) mass is 270 g/mol. The summed E-state index contributed by atoms with van der Waals surface area (Å²) in [5, 5.41) is 15.0. The minimum atomic E-state index is -0.700. The number of nitrogens with one attached hydrogen (secondary N) is 1. The van der Waals surface area contributed by atoms with Crippen molar-refractivity contribution >= 4 is 22.4 Å². The third-order valence-electron chi connectivity index (χ3n) is 3.09. The molecule has 0 saturated heterocycles. The van der Waals surface area contributed by atoms with Gasteiger partial charge in [-0.25, -0.2) is 4.98 Å². The van der Waals surface area contributed by atoms with Crippen LogP contribution in [-0.4, -0.2) is 22.6 Å². The molecule has 0 fully saturated rings. The van der Waals surface area contributed by atoms with Crippen molar-refractivity contribution in [2.45, 2.75) is 46.0 Å². The first-order valence-corrected chi connectivity index (χ1v) is 7.43. The molecule has 0 saturated carbocycles. The third-order valence-corrected chi connectivity index (χ3v) is 3.94. The van der Waals surface area contributed by atoms with E-state index in [0.717, 1.165) is 43.1 Å². The van der Waals surface area contributed by atoms with E-state index in [9.17, 15) is 4.79 Å². The number of anilines is 1. The lowest BCUT2D eigenvalue weighted by atomic mass is 9.97. The van der Waals surface area contributed by atoms with E-state index in [4.69, 9.17) is 5.11 Å². The maximum atomic E-state index is 10.5. The fourth-order valence-corrected chi connectivity index (χ4v) is 2.64. The summed E-state index contributed by atoms with van der Waals surface area (Å²) >= 11 is 1.64. The zero-order valence-corrected chi connectivity index (χ0v) is 11.9. The maximum absolute atomic E-state index is 10.5. The molecule has 1 rings (SSSR count). The van der Waals surface area contributed by atoms with Gasteiger partial charge in [-0.1, -0.05) is 20.3 Å². The lowest BCUT2D eigenvalue weighted by molar-refractivity contribution is -0.137. The van der Waals surface area contributed by atoms with E-state index in [0.29, 0.717) is 5.92 Å². The second-order valence-corrected chi connectivity index (χ2v) is 5.28. The molecule has 1 unspecified atom stereocenters. The molecular formula is C13H22N2O2S. The van der Waals surface area contributed by atoms with E-state index in [-0.39, 0.29) is 6.42 Å². The molecule has 1 atom stereocenters. The zero-order chi connectivity index (χ0) is 13.4. The van der Waals surface area contributed by atoms with Gasteiger partial charge in [0.15, 0.2) is 5.13 Å². The van der Waals surface area contributed by atoms with Crippen LogP contribution in [0.5, 0.6) is 0 Å². The van der Waals surface area contributed by atoms with Crippen LogP contribution in [0.4, 0.5) is 5.13 Å². The smallest absolute Gasteiger partial charge is 0.303 e. The van der Waals surface area contributed by atoms with Gasteiger partial charge >= 0.3 is 5.97 Å². The van der Waals surface area contributed by atoms with Gasteiger partial charge in [-0.15, -0.1) is 11.3 Å². The van der Waals surface area contributed by atoms with Crippen LogP contribution in [0.3, 0.4) is 0 Å². The minimum absolute atomic E-state index is 0.274. The predicted octanol–water partition coefficient (Wildman–Crippen LogP) is 3.40. The van der Waals surface area contributed by atoms with Crippen LogP contribution in [-0.2, 0) is 11.2 Å². The van der Waals surface area contributed by atoms with Gasteiger partial charge in [0.05, 0.1) is 5.69 Å². The van der Waals surface area contributed by atoms with Gasteiger partial charge in [-0.05, 0) is 25.2 Å². The molecule has 1 aromatic heterocycles. The summed E-state index contributed by atoms with van der Waals surface area (Å²) in [5.41, 5.74) is 1.13. The molecule has 0 spiro atoms. The van der Waals surface area contributed by atoms with Gasteiger partial charge in [-0.2, -0.15) is 0 Å². The number of aromatic nitrogens is 1. The first-order valence-electron chi connectivity index (χ1n) is 6.55. The number of hydrogen-bond donors (Lipinski definition) is 2. The summed E-state index contributed by atoms with van der Waals surface area (Å²) in [4.78, 5) is 15.0. The summed E-state index contributed by atoms with van der Waals surface area (Å²) in [6.45, 7) is 5.08. The normalized spacial score (nSPS) is 12.3. The van der Waals surface area contributed by atoms with Gasteiger partial charge < -0.3 is 10.4 Å². The molecule has 1 aromatic rings. The molecule has 1 heterocycles. The lowest BCUT2D eigenvalue weighted by Gasteiger charge is -2.13. The van der Waals surface area contributed by atoms with E-state index in [1.165, 1.54) is 0 Å². The van der Waals surface area contributed by atoms with E-state index >= 15 is 0 Å².